The maximum Gasteiger partial charge on any atom is 0.425 e. The van der Waals surface area contributed by atoms with Gasteiger partial charge in [0.1, 0.15) is 33.4 Å². The van der Waals surface area contributed by atoms with Crippen LogP contribution in [0.1, 0.15) is 32.7 Å². The summed E-state index contributed by atoms with van der Waals surface area (Å²) >= 11 is 2.60. The fourth-order valence-corrected chi connectivity index (χ4v) is 8.63. The molecule has 74 heavy (non-hydrogen) atoms. The number of phenols is 1. The van der Waals surface area contributed by atoms with Crippen LogP contribution in [0.2, 0.25) is 0 Å². The second-order valence-electron chi connectivity index (χ2n) is 14.1. The highest BCUT2D eigenvalue weighted by Gasteiger charge is 2.25. The lowest BCUT2D eigenvalue weighted by Gasteiger charge is -2.11. The van der Waals surface area contributed by atoms with Crippen LogP contribution in [-0.2, 0) is 40.4 Å². The molecule has 5 aromatic carbocycles. The van der Waals surface area contributed by atoms with Crippen LogP contribution < -0.4 is 4.74 Å². The van der Waals surface area contributed by atoms with Crippen molar-refractivity contribution in [3.8, 4) is 34.3 Å². The number of hydrogen-bond donors (Lipinski definition) is 6. The molecule has 7 aromatic rings. The van der Waals surface area contributed by atoms with Crippen LogP contribution in [0.25, 0.3) is 27.7 Å². The number of carbonyl (C=O) groups excluding carboxylic acids is 2. The van der Waals surface area contributed by atoms with Gasteiger partial charge in [-0.2, -0.15) is 36.2 Å². The molecule has 0 aliphatic heterocycles. The second kappa shape index (κ2) is 24.7. The summed E-state index contributed by atoms with van der Waals surface area (Å²) in [4.78, 5) is 39.1. The molecular weight excluding hydrogens is 1080 g/mol. The first-order valence-corrected chi connectivity index (χ1v) is 25.9. The van der Waals surface area contributed by atoms with E-state index in [2.05, 4.69) is 46.0 Å². The van der Waals surface area contributed by atoms with Gasteiger partial charge in [0.05, 0.1) is 34.9 Å². The number of aromatic carboxylic acids is 2. The summed E-state index contributed by atoms with van der Waals surface area (Å²) < 4.78 is 101. The van der Waals surface area contributed by atoms with Crippen LogP contribution in [0.4, 0.5) is 33.6 Å². The molecule has 0 saturated heterocycles. The smallest absolute Gasteiger partial charge is 0.425 e. The number of ether oxygens (including phenoxy) is 1. The van der Waals surface area contributed by atoms with E-state index in [0.29, 0.717) is 21.2 Å². The molecule has 0 fully saturated rings. The van der Waals surface area contributed by atoms with E-state index < -0.39 is 81.9 Å². The van der Waals surface area contributed by atoms with Gasteiger partial charge < -0.3 is 25.2 Å². The molecule has 0 atom stereocenters. The van der Waals surface area contributed by atoms with E-state index in [9.17, 15) is 51.4 Å². The summed E-state index contributed by atoms with van der Waals surface area (Å²) in [6.45, 7) is 1.51. The Bertz CT molecular complexity index is 3730. The number of aryl methyl sites for hydroxylation is 1. The average molecular weight is 1110 g/mol. The van der Waals surface area contributed by atoms with Gasteiger partial charge in [0.25, 0.3) is 25.4 Å². The first-order chi connectivity index (χ1) is 35.0. The summed E-state index contributed by atoms with van der Waals surface area (Å²) in [5.41, 5.74) is -0.763. The van der Waals surface area contributed by atoms with Crippen molar-refractivity contribution in [3.63, 3.8) is 0 Å². The Morgan fingerprint density at radius 3 is 1.93 bits per heavy atom. The summed E-state index contributed by atoms with van der Waals surface area (Å²) in [5, 5.41) is 79.2. The Morgan fingerprint density at radius 2 is 1.35 bits per heavy atom. The van der Waals surface area contributed by atoms with Crippen LogP contribution in [0, 0.1) is 6.92 Å². The zero-order valence-corrected chi connectivity index (χ0v) is 41.4. The number of carboxylic acid groups (broad SMARTS) is 2. The number of benzene rings is 5. The molecule has 0 spiro atoms. The molecule has 0 aliphatic carbocycles. The monoisotopic (exact) mass is 1110 g/mol. The molecule has 384 valence electrons. The Labute approximate surface area is 425 Å². The quantitative estimate of drug-likeness (QED) is 0.0218. The van der Waals surface area contributed by atoms with E-state index in [1.165, 1.54) is 53.4 Å². The summed E-state index contributed by atoms with van der Waals surface area (Å²) in [6, 6.07) is 19.0. The van der Waals surface area contributed by atoms with Gasteiger partial charge in [-0.1, -0.05) is 59.5 Å². The third-order valence-corrected chi connectivity index (χ3v) is 12.8. The van der Waals surface area contributed by atoms with Crippen molar-refractivity contribution >= 4 is 116 Å². The van der Waals surface area contributed by atoms with E-state index >= 15 is 0 Å². The third kappa shape index (κ3) is 14.8. The van der Waals surface area contributed by atoms with E-state index in [0.717, 1.165) is 28.9 Å². The highest BCUT2D eigenvalue weighted by atomic mass is 32.2. The molecule has 0 bridgehead atoms. The second-order valence-corrected chi connectivity index (χ2v) is 19.5. The zero-order chi connectivity index (χ0) is 54.5. The van der Waals surface area contributed by atoms with Gasteiger partial charge in [0.2, 0.25) is 5.88 Å². The lowest BCUT2D eigenvalue weighted by molar-refractivity contribution is -0.191. The SMILES string of the molecule is CSc1nnc(N=Nc2cc(OCCCS(=O)(=O)O)c(N=Nc3ccc4c(S(=O)(=O)O)c(N=Nc5c(-c6ccccc6)nn(-c6cc(C(=O)O)cc(C(=O)O)c6)c5O)ccc4c3O)cc2C)s1.O=C=O.O=S(=O)=O. The summed E-state index contributed by atoms with van der Waals surface area (Å²) in [5.74, 6) is -4.77. The lowest BCUT2D eigenvalue weighted by Crippen LogP contribution is -2.08. The van der Waals surface area contributed by atoms with Crippen LogP contribution in [-0.4, -0.2) is 116 Å². The first-order valence-electron chi connectivity index (χ1n) is 19.8. The number of carboxylic acids is 2. The predicted molar refractivity (Wildman–Crippen MR) is 257 cm³/mol. The van der Waals surface area contributed by atoms with E-state index in [1.807, 2.05) is 6.26 Å². The number of azo groups is 3. The number of rotatable bonds is 17. The van der Waals surface area contributed by atoms with Gasteiger partial charge in [-0.25, -0.2) is 9.59 Å². The number of aromatic nitrogens is 4. The third-order valence-electron chi connectivity index (χ3n) is 9.30. The van der Waals surface area contributed by atoms with E-state index in [4.69, 9.17) is 31.5 Å². The number of carbonyl (C=O) groups is 2. The number of nitrogens with zero attached hydrogens (tertiary/aromatic N) is 10. The maximum absolute atomic E-state index is 13.0. The minimum absolute atomic E-state index is 0.0415. The molecule has 2 heterocycles. The van der Waals surface area contributed by atoms with Gasteiger partial charge in [0, 0.05) is 22.4 Å². The summed E-state index contributed by atoms with van der Waals surface area (Å²) in [7, 11) is -12.5. The van der Waals surface area contributed by atoms with Crippen LogP contribution >= 0.6 is 23.1 Å². The molecule has 0 unspecified atom stereocenters. The number of hydrogen-bond acceptors (Lipinski definition) is 25. The molecule has 6 N–H and O–H groups in total. The van der Waals surface area contributed by atoms with Crippen LogP contribution in [0.3, 0.4) is 0 Å². The Balaban J connectivity index is 0.00000136. The number of thioether (sulfide) groups is 1. The van der Waals surface area contributed by atoms with Gasteiger partial charge in [-0.3, -0.25) is 9.11 Å². The van der Waals surface area contributed by atoms with Crippen molar-refractivity contribution in [1.82, 2.24) is 20.0 Å². The fraction of sp³-hybridized carbons (Fsp3) is 0.122. The Hall–Kier alpha value is -8.56. The van der Waals surface area contributed by atoms with Crippen molar-refractivity contribution in [2.75, 3.05) is 18.6 Å². The molecule has 0 aliphatic rings. The van der Waals surface area contributed by atoms with Gasteiger partial charge in [0.15, 0.2) is 15.8 Å². The fourth-order valence-electron chi connectivity index (χ4n) is 6.23. The predicted octanol–water partition coefficient (Wildman–Crippen LogP) is 7.94. The molecule has 0 radical (unpaired) electrons. The minimum Gasteiger partial charge on any atom is -0.505 e. The standard InChI is InChI=1S/C40H32N10O13S4.CO2.O3S/c1-20-15-30(31(63-13-6-14-66(57,58)59)19-29(20)43-46-39-47-48-40(64-2)65-39)44-41-27-11-10-26-25(34(27)51)9-12-28(35(26)67(60,61)62)42-45-33-32(21-7-4-3-5-8-21)49-50(36(33)52)24-17-22(37(53)54)16-23(18-24)38(55)56;2-1-3;1-4(2)3/h3-5,7-12,15-19,51-52H,6,13-14H2,1-2H3,(H,53,54)(H,55,56)(H,57,58,59)(H,60,61,62);;. The van der Waals surface area contributed by atoms with Gasteiger partial charge in [-0.15, -0.1) is 53.5 Å². The number of aromatic hydroxyl groups is 2. The largest absolute Gasteiger partial charge is 0.505 e. The van der Waals surface area contributed by atoms with Crippen molar-refractivity contribution < 1.29 is 82.9 Å². The zero-order valence-electron chi connectivity index (χ0n) is 37.3. The molecular formula is C41H32N10O18S5. The minimum atomic E-state index is -5.15. The van der Waals surface area contributed by atoms with Crippen LogP contribution in [0.5, 0.6) is 17.4 Å². The molecule has 28 nitrogen and oxygen atoms in total. The summed E-state index contributed by atoms with van der Waals surface area (Å²) in [6.07, 6.45) is 1.99. The van der Waals surface area contributed by atoms with Crippen molar-refractivity contribution in [2.24, 2.45) is 30.7 Å². The van der Waals surface area contributed by atoms with E-state index in [-0.39, 0.29) is 69.3 Å². The van der Waals surface area contributed by atoms with Crippen molar-refractivity contribution in [3.05, 3.63) is 102 Å². The van der Waals surface area contributed by atoms with E-state index in [1.54, 1.807) is 37.3 Å². The van der Waals surface area contributed by atoms with Crippen molar-refractivity contribution in [2.45, 2.75) is 22.6 Å². The highest BCUT2D eigenvalue weighted by molar-refractivity contribution is 8.00. The molecule has 33 heteroatoms. The van der Waals surface area contributed by atoms with Crippen molar-refractivity contribution in [1.29, 1.82) is 0 Å². The Morgan fingerprint density at radius 1 is 0.770 bits per heavy atom. The lowest BCUT2D eigenvalue weighted by atomic mass is 10.1. The molecule has 2 aromatic heterocycles. The topological polar surface area (TPSA) is 436 Å². The van der Waals surface area contributed by atoms with Crippen LogP contribution in [0.15, 0.2) is 125 Å². The molecule has 0 saturated carbocycles. The van der Waals surface area contributed by atoms with Gasteiger partial charge in [-0.05, 0) is 67.6 Å². The Kier molecular flexibility index (Phi) is 18.8. The normalized spacial score (nSPS) is 11.5. The number of fused-ring (bicyclic) bond motifs is 1. The average Bonchev–Trinajstić information content (AvgIpc) is 3.94. The maximum atomic E-state index is 13.0. The first kappa shape index (κ1) is 56.4. The molecule has 7 rings (SSSR count). The molecule has 0 amide bonds. The van der Waals surface area contributed by atoms with Gasteiger partial charge >= 0.3 is 28.7 Å². The number of phenolic OH excluding ortho intramolecular Hbond substituents is 1. The highest BCUT2D eigenvalue weighted by Crippen LogP contribution is 2.45.